The maximum atomic E-state index is 13.0. The fourth-order valence-corrected chi connectivity index (χ4v) is 4.42. The van der Waals surface area contributed by atoms with Crippen molar-refractivity contribution in [2.24, 2.45) is 0 Å². The summed E-state index contributed by atoms with van der Waals surface area (Å²) >= 11 is 0. The van der Waals surface area contributed by atoms with Crippen LogP contribution in [0.4, 0.5) is 10.5 Å². The lowest BCUT2D eigenvalue weighted by Gasteiger charge is -2.59. The number of ether oxygens (including phenoxy) is 1. The lowest BCUT2D eigenvalue weighted by Crippen LogP contribution is -2.74. The number of carbonyl (C=O) groups excluding carboxylic acids is 2. The molecule has 1 N–H and O–H groups in total. The lowest BCUT2D eigenvalue weighted by molar-refractivity contribution is -0.172. The van der Waals surface area contributed by atoms with Gasteiger partial charge in [-0.05, 0) is 56.0 Å². The Morgan fingerprint density at radius 3 is 2.85 bits per heavy atom. The highest BCUT2D eigenvalue weighted by molar-refractivity contribution is 5.97. The van der Waals surface area contributed by atoms with Crippen molar-refractivity contribution < 1.29 is 14.3 Å². The van der Waals surface area contributed by atoms with Gasteiger partial charge in [-0.2, -0.15) is 0 Å². The fraction of sp³-hybridized carbons (Fsp3) is 0.381. The van der Waals surface area contributed by atoms with Crippen LogP contribution in [0.1, 0.15) is 31.2 Å². The number of rotatable bonds is 3. The molecule has 1 aromatic carbocycles. The molecule has 2 fully saturated rings. The van der Waals surface area contributed by atoms with Crippen LogP contribution in [0.2, 0.25) is 0 Å². The number of amides is 2. The highest BCUT2D eigenvalue weighted by Crippen LogP contribution is 2.48. The Balaban J connectivity index is 1.58. The molecule has 1 saturated carbocycles. The second-order valence-corrected chi connectivity index (χ2v) is 7.32. The minimum absolute atomic E-state index is 0.110. The predicted molar refractivity (Wildman–Crippen MR) is 102 cm³/mol. The first-order valence-corrected chi connectivity index (χ1v) is 9.26. The SMILES string of the molecule is COC(=O)C12CCCC(C1)N2C(=O)Nc1ccc(C)c(-c2ccccn2)c1. The van der Waals surface area contributed by atoms with Crippen LogP contribution in [0.25, 0.3) is 11.3 Å². The van der Waals surface area contributed by atoms with E-state index in [1.807, 2.05) is 43.3 Å². The van der Waals surface area contributed by atoms with E-state index in [1.54, 1.807) is 11.1 Å². The molecule has 1 saturated heterocycles. The summed E-state index contributed by atoms with van der Waals surface area (Å²) in [5.41, 5.74) is 2.81. The highest BCUT2D eigenvalue weighted by atomic mass is 16.5. The van der Waals surface area contributed by atoms with Crippen molar-refractivity contribution in [3.8, 4) is 11.3 Å². The molecule has 4 rings (SSSR count). The summed E-state index contributed by atoms with van der Waals surface area (Å²) in [6.45, 7) is 2.02. The number of methoxy groups -OCH3 is 1. The number of nitrogens with one attached hydrogen (secondary N) is 1. The molecule has 27 heavy (non-hydrogen) atoms. The number of esters is 1. The number of likely N-dealkylation sites (tertiary alicyclic amines) is 1. The number of pyridine rings is 1. The normalized spacial score (nSPS) is 23.3. The van der Waals surface area contributed by atoms with Crippen LogP contribution in [0, 0.1) is 6.92 Å². The number of anilines is 1. The van der Waals surface area contributed by atoms with E-state index in [4.69, 9.17) is 4.74 Å². The van der Waals surface area contributed by atoms with Crippen LogP contribution >= 0.6 is 0 Å². The first-order chi connectivity index (χ1) is 13.0. The molecule has 0 radical (unpaired) electrons. The quantitative estimate of drug-likeness (QED) is 0.841. The molecule has 0 spiro atoms. The summed E-state index contributed by atoms with van der Waals surface area (Å²) in [4.78, 5) is 31.4. The molecule has 6 nitrogen and oxygen atoms in total. The number of urea groups is 1. The molecule has 2 bridgehead atoms. The van der Waals surface area contributed by atoms with Crippen LogP contribution < -0.4 is 5.32 Å². The molecule has 6 heteroatoms. The molecule has 2 aromatic rings. The molecule has 1 aliphatic heterocycles. The van der Waals surface area contributed by atoms with E-state index in [9.17, 15) is 9.59 Å². The highest BCUT2D eigenvalue weighted by Gasteiger charge is 2.61. The molecule has 2 heterocycles. The van der Waals surface area contributed by atoms with E-state index in [2.05, 4.69) is 10.3 Å². The number of carbonyl (C=O) groups is 2. The van der Waals surface area contributed by atoms with Gasteiger partial charge in [-0.1, -0.05) is 12.1 Å². The molecule has 2 aliphatic rings. The van der Waals surface area contributed by atoms with Gasteiger partial charge in [0, 0.05) is 29.9 Å². The summed E-state index contributed by atoms with van der Waals surface area (Å²) in [6, 6.07) is 11.4. The Hall–Kier alpha value is -2.89. The van der Waals surface area contributed by atoms with Crippen LogP contribution in [0.5, 0.6) is 0 Å². The summed E-state index contributed by atoms with van der Waals surface area (Å²) in [6.07, 6.45) is 4.98. The van der Waals surface area contributed by atoms with Gasteiger partial charge in [0.2, 0.25) is 0 Å². The van der Waals surface area contributed by atoms with Gasteiger partial charge >= 0.3 is 12.0 Å². The molecule has 2 unspecified atom stereocenters. The van der Waals surface area contributed by atoms with Crippen LogP contribution in [0.15, 0.2) is 42.6 Å². The van der Waals surface area contributed by atoms with Crippen molar-refractivity contribution in [1.82, 2.24) is 9.88 Å². The summed E-state index contributed by atoms with van der Waals surface area (Å²) in [7, 11) is 1.38. The minimum Gasteiger partial charge on any atom is -0.467 e. The Morgan fingerprint density at radius 2 is 2.15 bits per heavy atom. The topological polar surface area (TPSA) is 71.5 Å². The van der Waals surface area contributed by atoms with Crippen molar-refractivity contribution in [3.63, 3.8) is 0 Å². The van der Waals surface area contributed by atoms with E-state index in [-0.39, 0.29) is 18.0 Å². The molecular formula is C21H23N3O3. The van der Waals surface area contributed by atoms with Crippen LogP contribution in [0.3, 0.4) is 0 Å². The zero-order valence-electron chi connectivity index (χ0n) is 15.6. The second kappa shape index (κ2) is 6.68. The van der Waals surface area contributed by atoms with Crippen molar-refractivity contribution in [3.05, 3.63) is 48.2 Å². The third-order valence-electron chi connectivity index (χ3n) is 5.74. The first-order valence-electron chi connectivity index (χ1n) is 9.26. The molecule has 1 aliphatic carbocycles. The Labute approximate surface area is 158 Å². The van der Waals surface area contributed by atoms with E-state index in [0.29, 0.717) is 18.5 Å². The summed E-state index contributed by atoms with van der Waals surface area (Å²) in [5, 5.41) is 2.97. The van der Waals surface area contributed by atoms with E-state index < -0.39 is 5.54 Å². The summed E-state index contributed by atoms with van der Waals surface area (Å²) < 4.78 is 4.99. The van der Waals surface area contributed by atoms with Gasteiger partial charge in [0.15, 0.2) is 0 Å². The van der Waals surface area contributed by atoms with Crippen molar-refractivity contribution in [2.75, 3.05) is 12.4 Å². The number of hydrogen-bond donors (Lipinski definition) is 1. The number of benzene rings is 1. The zero-order valence-corrected chi connectivity index (χ0v) is 15.6. The van der Waals surface area contributed by atoms with Gasteiger partial charge in [0.25, 0.3) is 0 Å². The van der Waals surface area contributed by atoms with Gasteiger partial charge in [-0.25, -0.2) is 9.59 Å². The maximum absolute atomic E-state index is 13.0. The molecule has 1 aromatic heterocycles. The smallest absolute Gasteiger partial charge is 0.331 e. The first kappa shape index (κ1) is 17.5. The van der Waals surface area contributed by atoms with Gasteiger partial charge in [0.05, 0.1) is 12.8 Å². The number of aromatic nitrogens is 1. The van der Waals surface area contributed by atoms with Crippen molar-refractivity contribution >= 4 is 17.7 Å². The second-order valence-electron chi connectivity index (χ2n) is 7.32. The number of piperidine rings is 1. The fourth-order valence-electron chi connectivity index (χ4n) is 4.42. The number of fused-ring (bicyclic) bond motifs is 2. The minimum atomic E-state index is -0.795. The van der Waals surface area contributed by atoms with Gasteiger partial charge in [0.1, 0.15) is 5.54 Å². The molecular weight excluding hydrogens is 342 g/mol. The zero-order chi connectivity index (χ0) is 19.0. The summed E-state index contributed by atoms with van der Waals surface area (Å²) in [5.74, 6) is -0.313. The average molecular weight is 365 g/mol. The van der Waals surface area contributed by atoms with Gasteiger partial charge in [-0.3, -0.25) is 4.98 Å². The van der Waals surface area contributed by atoms with Crippen molar-refractivity contribution in [2.45, 2.75) is 44.2 Å². The number of nitrogens with zero attached hydrogens (tertiary/aromatic N) is 2. The monoisotopic (exact) mass is 365 g/mol. The Morgan fingerprint density at radius 1 is 1.30 bits per heavy atom. The maximum Gasteiger partial charge on any atom is 0.331 e. The third kappa shape index (κ3) is 2.85. The Kier molecular flexibility index (Phi) is 4.34. The van der Waals surface area contributed by atoms with Crippen LogP contribution in [-0.2, 0) is 9.53 Å². The largest absolute Gasteiger partial charge is 0.467 e. The molecule has 2 atom stereocenters. The van der Waals surface area contributed by atoms with E-state index in [0.717, 1.165) is 29.7 Å². The number of hydrogen-bond acceptors (Lipinski definition) is 4. The lowest BCUT2D eigenvalue weighted by atomic mass is 9.68. The standard InChI is InChI=1S/C21H23N3O3/c1-14-8-9-15(12-17(14)18-7-3-4-11-22-18)23-20(26)24-16-6-5-10-21(24,13-16)19(25)27-2/h3-4,7-9,11-12,16H,5-6,10,13H2,1-2H3,(H,23,26). The third-order valence-corrected chi connectivity index (χ3v) is 5.74. The molecule has 2 amide bonds. The van der Waals surface area contributed by atoms with Gasteiger partial charge < -0.3 is 15.0 Å². The number of aryl methyl sites for hydroxylation is 1. The average Bonchev–Trinajstić information content (AvgIpc) is 2.69. The van der Waals surface area contributed by atoms with Crippen molar-refractivity contribution in [1.29, 1.82) is 0 Å². The molecule has 140 valence electrons. The Bertz CT molecular complexity index is 879. The van der Waals surface area contributed by atoms with E-state index in [1.165, 1.54) is 7.11 Å². The van der Waals surface area contributed by atoms with Crippen LogP contribution in [-0.4, -0.2) is 40.6 Å². The predicted octanol–water partition coefficient (Wildman–Crippen LogP) is 3.76. The van der Waals surface area contributed by atoms with E-state index >= 15 is 0 Å². The van der Waals surface area contributed by atoms with Gasteiger partial charge in [-0.15, -0.1) is 0 Å².